The molecule has 1 aliphatic rings. The van der Waals surface area contributed by atoms with Crippen molar-refractivity contribution >= 4 is 5.95 Å². The maximum atomic E-state index is 4.59. The highest BCUT2D eigenvalue weighted by Gasteiger charge is 2.27. The minimum Gasteiger partial charge on any atom is -0.334 e. The van der Waals surface area contributed by atoms with Gasteiger partial charge in [-0.1, -0.05) is 30.3 Å². The van der Waals surface area contributed by atoms with Crippen molar-refractivity contribution in [1.82, 2.24) is 14.8 Å². The van der Waals surface area contributed by atoms with Gasteiger partial charge in [-0.15, -0.1) is 0 Å². The lowest BCUT2D eigenvalue weighted by atomic mass is 9.96. The van der Waals surface area contributed by atoms with E-state index in [2.05, 4.69) is 45.3 Å². The van der Waals surface area contributed by atoms with Gasteiger partial charge in [0.1, 0.15) is 5.82 Å². The summed E-state index contributed by atoms with van der Waals surface area (Å²) in [6.07, 6.45) is 3.71. The molecule has 1 unspecified atom stereocenters. The van der Waals surface area contributed by atoms with Crippen molar-refractivity contribution in [1.29, 1.82) is 0 Å². The molecule has 0 N–H and O–H groups in total. The molecule has 2 heterocycles. The van der Waals surface area contributed by atoms with Gasteiger partial charge in [-0.05, 0) is 31.7 Å². The Hall–Kier alpha value is -1.84. The number of rotatable bonds is 2. The first-order valence-electron chi connectivity index (χ1n) is 6.95. The first-order chi connectivity index (χ1) is 9.25. The van der Waals surface area contributed by atoms with Gasteiger partial charge in [0.25, 0.3) is 0 Å². The van der Waals surface area contributed by atoms with Crippen LogP contribution in [0.1, 0.15) is 36.7 Å². The summed E-state index contributed by atoms with van der Waals surface area (Å²) < 4.78 is 1.90. The van der Waals surface area contributed by atoms with Gasteiger partial charge in [-0.25, -0.2) is 4.68 Å². The Kier molecular flexibility index (Phi) is 3.23. The van der Waals surface area contributed by atoms with Crippen molar-refractivity contribution in [2.45, 2.75) is 32.2 Å². The van der Waals surface area contributed by atoms with Crippen LogP contribution in [0, 0.1) is 6.92 Å². The molecule has 4 heteroatoms. The second-order valence-corrected chi connectivity index (χ2v) is 5.20. The Morgan fingerprint density at radius 3 is 2.63 bits per heavy atom. The van der Waals surface area contributed by atoms with Gasteiger partial charge in [0.2, 0.25) is 5.95 Å². The summed E-state index contributed by atoms with van der Waals surface area (Å²) in [6.45, 7) is 3.01. The lowest BCUT2D eigenvalue weighted by Gasteiger charge is -2.36. The molecule has 0 saturated carbocycles. The number of nitrogens with zero attached hydrogens (tertiary/aromatic N) is 4. The van der Waals surface area contributed by atoms with Crippen LogP contribution in [-0.2, 0) is 7.05 Å². The SMILES string of the molecule is Cc1nc(N2CCCCC2c2ccccc2)n(C)n1. The molecule has 0 bridgehead atoms. The summed E-state index contributed by atoms with van der Waals surface area (Å²) in [5, 5.41) is 4.38. The molecular weight excluding hydrogens is 236 g/mol. The van der Waals surface area contributed by atoms with E-state index >= 15 is 0 Å². The quantitative estimate of drug-likeness (QED) is 0.828. The van der Waals surface area contributed by atoms with E-state index in [4.69, 9.17) is 0 Å². The number of piperidine rings is 1. The van der Waals surface area contributed by atoms with E-state index in [9.17, 15) is 0 Å². The number of aryl methyl sites for hydroxylation is 2. The molecule has 1 aliphatic heterocycles. The predicted octanol–water partition coefficient (Wildman–Crippen LogP) is 2.86. The average Bonchev–Trinajstić information content (AvgIpc) is 2.79. The van der Waals surface area contributed by atoms with Crippen LogP contribution in [0.5, 0.6) is 0 Å². The number of anilines is 1. The Bertz CT molecular complexity index is 547. The van der Waals surface area contributed by atoms with E-state index in [-0.39, 0.29) is 0 Å². The molecule has 1 aromatic carbocycles. The fourth-order valence-corrected chi connectivity index (χ4v) is 2.94. The molecule has 0 radical (unpaired) electrons. The molecule has 0 aliphatic carbocycles. The van der Waals surface area contributed by atoms with Gasteiger partial charge in [-0.2, -0.15) is 10.1 Å². The van der Waals surface area contributed by atoms with E-state index in [1.165, 1.54) is 24.8 Å². The lowest BCUT2D eigenvalue weighted by molar-refractivity contribution is 0.459. The number of benzene rings is 1. The summed E-state index contributed by atoms with van der Waals surface area (Å²) in [4.78, 5) is 6.99. The van der Waals surface area contributed by atoms with Crippen molar-refractivity contribution in [3.05, 3.63) is 41.7 Å². The molecule has 19 heavy (non-hydrogen) atoms. The zero-order chi connectivity index (χ0) is 13.2. The zero-order valence-corrected chi connectivity index (χ0v) is 11.6. The summed E-state index contributed by atoms with van der Waals surface area (Å²) in [5.41, 5.74) is 1.38. The molecular formula is C15H20N4. The van der Waals surface area contributed by atoms with Gasteiger partial charge in [-0.3, -0.25) is 0 Å². The number of hydrogen-bond acceptors (Lipinski definition) is 3. The third kappa shape index (κ3) is 2.35. The van der Waals surface area contributed by atoms with E-state index in [1.807, 2.05) is 18.7 Å². The second-order valence-electron chi connectivity index (χ2n) is 5.20. The van der Waals surface area contributed by atoms with E-state index in [1.54, 1.807) is 0 Å². The van der Waals surface area contributed by atoms with Gasteiger partial charge in [0.15, 0.2) is 0 Å². The van der Waals surface area contributed by atoms with E-state index < -0.39 is 0 Å². The van der Waals surface area contributed by atoms with Crippen molar-refractivity contribution in [2.75, 3.05) is 11.4 Å². The van der Waals surface area contributed by atoms with Crippen LogP contribution in [0.25, 0.3) is 0 Å². The average molecular weight is 256 g/mol. The predicted molar refractivity (Wildman–Crippen MR) is 76.1 cm³/mol. The molecule has 1 aromatic heterocycles. The Balaban J connectivity index is 1.96. The standard InChI is InChI=1S/C15H20N4/c1-12-16-15(18(2)17-12)19-11-7-6-10-14(19)13-8-4-3-5-9-13/h3-5,8-9,14H,6-7,10-11H2,1-2H3. The second kappa shape index (κ2) is 5.03. The fraction of sp³-hybridized carbons (Fsp3) is 0.467. The van der Waals surface area contributed by atoms with Crippen LogP contribution in [0.4, 0.5) is 5.95 Å². The summed E-state index contributed by atoms with van der Waals surface area (Å²) in [5.74, 6) is 1.83. The van der Waals surface area contributed by atoms with Gasteiger partial charge >= 0.3 is 0 Å². The molecule has 1 atom stereocenters. The Labute approximate surface area is 114 Å². The molecule has 4 nitrogen and oxygen atoms in total. The highest BCUT2D eigenvalue weighted by Crippen LogP contribution is 2.33. The molecule has 100 valence electrons. The Morgan fingerprint density at radius 2 is 1.95 bits per heavy atom. The van der Waals surface area contributed by atoms with Crippen LogP contribution in [0.2, 0.25) is 0 Å². The molecule has 2 aromatic rings. The topological polar surface area (TPSA) is 34.0 Å². The highest BCUT2D eigenvalue weighted by atomic mass is 15.4. The smallest absolute Gasteiger partial charge is 0.224 e. The number of aromatic nitrogens is 3. The summed E-state index contributed by atoms with van der Waals surface area (Å²) in [6, 6.07) is 11.2. The maximum Gasteiger partial charge on any atom is 0.224 e. The lowest BCUT2D eigenvalue weighted by Crippen LogP contribution is -2.35. The van der Waals surface area contributed by atoms with Gasteiger partial charge in [0, 0.05) is 13.6 Å². The monoisotopic (exact) mass is 256 g/mol. The van der Waals surface area contributed by atoms with Crippen molar-refractivity contribution in [3.8, 4) is 0 Å². The van der Waals surface area contributed by atoms with Crippen molar-refractivity contribution in [2.24, 2.45) is 7.05 Å². The van der Waals surface area contributed by atoms with Crippen LogP contribution in [-0.4, -0.2) is 21.3 Å². The molecule has 3 rings (SSSR count). The van der Waals surface area contributed by atoms with Crippen LogP contribution in [0.3, 0.4) is 0 Å². The van der Waals surface area contributed by atoms with Crippen molar-refractivity contribution < 1.29 is 0 Å². The first kappa shape index (κ1) is 12.2. The van der Waals surface area contributed by atoms with Crippen LogP contribution >= 0.6 is 0 Å². The van der Waals surface area contributed by atoms with E-state index in [0.717, 1.165) is 18.3 Å². The molecule has 1 saturated heterocycles. The third-order valence-electron chi connectivity index (χ3n) is 3.79. The van der Waals surface area contributed by atoms with Gasteiger partial charge in [0.05, 0.1) is 6.04 Å². The van der Waals surface area contributed by atoms with Crippen LogP contribution < -0.4 is 4.90 Å². The molecule has 0 amide bonds. The Morgan fingerprint density at radius 1 is 1.16 bits per heavy atom. The molecule has 0 spiro atoms. The van der Waals surface area contributed by atoms with E-state index in [0.29, 0.717) is 6.04 Å². The minimum absolute atomic E-state index is 0.428. The fourth-order valence-electron chi connectivity index (χ4n) is 2.94. The first-order valence-corrected chi connectivity index (χ1v) is 6.95. The van der Waals surface area contributed by atoms with Crippen LogP contribution in [0.15, 0.2) is 30.3 Å². The third-order valence-corrected chi connectivity index (χ3v) is 3.79. The zero-order valence-electron chi connectivity index (χ0n) is 11.6. The normalized spacial score (nSPS) is 19.7. The molecule has 1 fully saturated rings. The minimum atomic E-state index is 0.428. The largest absolute Gasteiger partial charge is 0.334 e. The summed E-state index contributed by atoms with van der Waals surface area (Å²) >= 11 is 0. The maximum absolute atomic E-state index is 4.59. The van der Waals surface area contributed by atoms with Crippen molar-refractivity contribution in [3.63, 3.8) is 0 Å². The summed E-state index contributed by atoms with van der Waals surface area (Å²) in [7, 11) is 1.98. The van der Waals surface area contributed by atoms with Gasteiger partial charge < -0.3 is 4.90 Å². The number of hydrogen-bond donors (Lipinski definition) is 0. The highest BCUT2D eigenvalue weighted by molar-refractivity contribution is 5.37.